The molecule has 0 radical (unpaired) electrons. The predicted octanol–water partition coefficient (Wildman–Crippen LogP) is 1.87. The number of aliphatic hydroxyl groups excluding tert-OH is 1. The lowest BCUT2D eigenvalue weighted by atomic mass is 9.77. The molecule has 1 aliphatic rings. The van der Waals surface area contributed by atoms with Crippen LogP contribution in [0.2, 0.25) is 0 Å². The van der Waals surface area contributed by atoms with Gasteiger partial charge in [0.15, 0.2) is 0 Å². The van der Waals surface area contributed by atoms with E-state index in [4.69, 9.17) is 0 Å². The minimum Gasteiger partial charge on any atom is -0.394 e. The van der Waals surface area contributed by atoms with Gasteiger partial charge in [0.2, 0.25) is 5.95 Å². The molecule has 1 fully saturated rings. The van der Waals surface area contributed by atoms with Crippen LogP contribution in [0.1, 0.15) is 32.6 Å². The second kappa shape index (κ2) is 5.52. The molecule has 0 saturated heterocycles. The molecular formula is C13H22N4O. The normalized spacial score (nSPS) is 27.8. The number of nitrogens with zero attached hydrogens (tertiary/aromatic N) is 2. The molecule has 1 aliphatic carbocycles. The van der Waals surface area contributed by atoms with Gasteiger partial charge >= 0.3 is 0 Å². The molecule has 0 atom stereocenters. The van der Waals surface area contributed by atoms with Crippen LogP contribution in [0, 0.1) is 5.92 Å². The molecule has 18 heavy (non-hydrogen) atoms. The molecular weight excluding hydrogens is 228 g/mol. The summed E-state index contributed by atoms with van der Waals surface area (Å²) in [5, 5.41) is 16.0. The van der Waals surface area contributed by atoms with Gasteiger partial charge in [0, 0.05) is 13.2 Å². The Bertz CT molecular complexity index is 388. The van der Waals surface area contributed by atoms with Gasteiger partial charge in [-0.05, 0) is 37.7 Å². The molecule has 0 aromatic carbocycles. The topological polar surface area (TPSA) is 70.1 Å². The summed E-state index contributed by atoms with van der Waals surface area (Å²) < 4.78 is 0. The number of hydrogen-bond acceptors (Lipinski definition) is 5. The van der Waals surface area contributed by atoms with Crippen LogP contribution in [0.3, 0.4) is 0 Å². The molecule has 0 spiro atoms. The smallest absolute Gasteiger partial charge is 0.224 e. The van der Waals surface area contributed by atoms with Crippen LogP contribution in [0.5, 0.6) is 0 Å². The monoisotopic (exact) mass is 250 g/mol. The van der Waals surface area contributed by atoms with Crippen LogP contribution in [-0.4, -0.2) is 34.3 Å². The molecule has 3 N–H and O–H groups in total. The van der Waals surface area contributed by atoms with E-state index in [2.05, 4.69) is 27.5 Å². The first-order valence-electron chi connectivity index (χ1n) is 6.57. The van der Waals surface area contributed by atoms with Gasteiger partial charge in [-0.1, -0.05) is 6.92 Å². The lowest BCUT2D eigenvalue weighted by Gasteiger charge is -2.39. The quantitative estimate of drug-likeness (QED) is 0.761. The molecule has 2 rings (SSSR count). The van der Waals surface area contributed by atoms with E-state index < -0.39 is 0 Å². The highest BCUT2D eigenvalue weighted by Gasteiger charge is 2.33. The average Bonchev–Trinajstić information content (AvgIpc) is 2.42. The molecule has 1 heterocycles. The Kier molecular flexibility index (Phi) is 4.01. The Hall–Kier alpha value is -1.36. The SMILES string of the molecule is CNc1nccc(NC2(CO)CCC(C)CC2)n1. The van der Waals surface area contributed by atoms with Crippen molar-refractivity contribution in [3.8, 4) is 0 Å². The van der Waals surface area contributed by atoms with E-state index in [-0.39, 0.29) is 12.1 Å². The second-order valence-corrected chi connectivity index (χ2v) is 5.26. The standard InChI is InChI=1S/C13H22N4O/c1-10-3-6-13(9-18,7-4-10)17-11-5-8-15-12(14-2)16-11/h5,8,10,18H,3-4,6-7,9H2,1-2H3,(H2,14,15,16,17). The van der Waals surface area contributed by atoms with Gasteiger partial charge in [-0.3, -0.25) is 0 Å². The molecule has 1 saturated carbocycles. The zero-order valence-electron chi connectivity index (χ0n) is 11.1. The average molecular weight is 250 g/mol. The van der Waals surface area contributed by atoms with Gasteiger partial charge in [-0.25, -0.2) is 4.98 Å². The van der Waals surface area contributed by atoms with Crippen LogP contribution < -0.4 is 10.6 Å². The number of rotatable bonds is 4. The minimum absolute atomic E-state index is 0.151. The maximum absolute atomic E-state index is 9.69. The first-order valence-corrected chi connectivity index (χ1v) is 6.57. The van der Waals surface area contributed by atoms with Crippen LogP contribution in [0.15, 0.2) is 12.3 Å². The summed E-state index contributed by atoms with van der Waals surface area (Å²) in [5.41, 5.74) is -0.216. The summed E-state index contributed by atoms with van der Waals surface area (Å²) in [7, 11) is 1.79. The lowest BCUT2D eigenvalue weighted by Crippen LogP contribution is -2.45. The largest absolute Gasteiger partial charge is 0.394 e. The third kappa shape index (κ3) is 2.90. The van der Waals surface area contributed by atoms with E-state index in [0.717, 1.165) is 37.4 Å². The van der Waals surface area contributed by atoms with Crippen LogP contribution in [0.4, 0.5) is 11.8 Å². The van der Waals surface area contributed by atoms with Crippen LogP contribution in [-0.2, 0) is 0 Å². The van der Waals surface area contributed by atoms with Crippen molar-refractivity contribution < 1.29 is 5.11 Å². The second-order valence-electron chi connectivity index (χ2n) is 5.26. The van der Waals surface area contributed by atoms with Crippen molar-refractivity contribution in [2.24, 2.45) is 5.92 Å². The first kappa shape index (κ1) is 13.1. The molecule has 0 aliphatic heterocycles. The van der Waals surface area contributed by atoms with E-state index in [1.807, 2.05) is 6.07 Å². The highest BCUT2D eigenvalue weighted by atomic mass is 16.3. The number of aromatic nitrogens is 2. The van der Waals surface area contributed by atoms with Gasteiger partial charge in [-0.15, -0.1) is 0 Å². The van der Waals surface area contributed by atoms with Gasteiger partial charge in [0.1, 0.15) is 5.82 Å². The summed E-state index contributed by atoms with van der Waals surface area (Å²) in [6.07, 6.45) is 6.00. The summed E-state index contributed by atoms with van der Waals surface area (Å²) in [4.78, 5) is 8.44. The summed E-state index contributed by atoms with van der Waals surface area (Å²) in [5.74, 6) is 2.12. The van der Waals surface area contributed by atoms with Gasteiger partial charge in [-0.2, -0.15) is 4.98 Å². The zero-order chi connectivity index (χ0) is 13.0. The highest BCUT2D eigenvalue weighted by molar-refractivity contribution is 5.41. The molecule has 5 heteroatoms. The van der Waals surface area contributed by atoms with Gasteiger partial charge in [0.05, 0.1) is 12.1 Å². The van der Waals surface area contributed by atoms with Gasteiger partial charge < -0.3 is 15.7 Å². The number of nitrogens with one attached hydrogen (secondary N) is 2. The maximum Gasteiger partial charge on any atom is 0.224 e. The molecule has 0 bridgehead atoms. The number of anilines is 2. The minimum atomic E-state index is -0.216. The Labute approximate surface area is 108 Å². The van der Waals surface area contributed by atoms with Crippen molar-refractivity contribution in [1.82, 2.24) is 9.97 Å². The Balaban J connectivity index is 2.09. The number of hydrogen-bond donors (Lipinski definition) is 3. The lowest BCUT2D eigenvalue weighted by molar-refractivity contribution is 0.155. The van der Waals surface area contributed by atoms with Crippen LogP contribution >= 0.6 is 0 Å². The van der Waals surface area contributed by atoms with E-state index in [0.29, 0.717) is 5.95 Å². The molecule has 1 aromatic rings. The summed E-state index contributed by atoms with van der Waals surface area (Å²) in [6, 6.07) is 1.84. The third-order valence-electron chi connectivity index (χ3n) is 3.81. The van der Waals surface area contributed by atoms with Crippen molar-refractivity contribution in [3.63, 3.8) is 0 Å². The Morgan fingerprint density at radius 3 is 2.78 bits per heavy atom. The zero-order valence-corrected chi connectivity index (χ0v) is 11.1. The van der Waals surface area contributed by atoms with Crippen molar-refractivity contribution in [1.29, 1.82) is 0 Å². The van der Waals surface area contributed by atoms with Crippen molar-refractivity contribution in [3.05, 3.63) is 12.3 Å². The molecule has 5 nitrogen and oxygen atoms in total. The Morgan fingerprint density at radius 1 is 1.44 bits per heavy atom. The van der Waals surface area contributed by atoms with Crippen molar-refractivity contribution in [2.45, 2.75) is 38.1 Å². The summed E-state index contributed by atoms with van der Waals surface area (Å²) >= 11 is 0. The molecule has 100 valence electrons. The van der Waals surface area contributed by atoms with Crippen LogP contribution in [0.25, 0.3) is 0 Å². The third-order valence-corrected chi connectivity index (χ3v) is 3.81. The van der Waals surface area contributed by atoms with Gasteiger partial charge in [0.25, 0.3) is 0 Å². The van der Waals surface area contributed by atoms with Crippen molar-refractivity contribution >= 4 is 11.8 Å². The van der Waals surface area contributed by atoms with E-state index in [1.165, 1.54) is 0 Å². The first-order chi connectivity index (χ1) is 8.67. The van der Waals surface area contributed by atoms with E-state index in [9.17, 15) is 5.11 Å². The maximum atomic E-state index is 9.69. The molecule has 0 unspecified atom stereocenters. The molecule has 1 aromatic heterocycles. The van der Waals surface area contributed by atoms with E-state index >= 15 is 0 Å². The fourth-order valence-electron chi connectivity index (χ4n) is 2.46. The fourth-order valence-corrected chi connectivity index (χ4v) is 2.46. The van der Waals surface area contributed by atoms with Crippen molar-refractivity contribution in [2.75, 3.05) is 24.3 Å². The number of aliphatic hydroxyl groups is 1. The Morgan fingerprint density at radius 2 is 2.17 bits per heavy atom. The fraction of sp³-hybridized carbons (Fsp3) is 0.692. The molecule has 0 amide bonds. The van der Waals surface area contributed by atoms with E-state index in [1.54, 1.807) is 13.2 Å². The highest BCUT2D eigenvalue weighted by Crippen LogP contribution is 2.33. The predicted molar refractivity (Wildman–Crippen MR) is 72.7 cm³/mol. The summed E-state index contributed by atoms with van der Waals surface area (Å²) in [6.45, 7) is 2.42.